The van der Waals surface area contributed by atoms with E-state index in [1.165, 1.54) is 22.9 Å². The molecule has 0 aliphatic heterocycles. The van der Waals surface area contributed by atoms with Crippen LogP contribution in [0.15, 0.2) is 64.4 Å². The first-order chi connectivity index (χ1) is 14.4. The van der Waals surface area contributed by atoms with Gasteiger partial charge in [0.1, 0.15) is 5.69 Å². The van der Waals surface area contributed by atoms with Gasteiger partial charge in [0, 0.05) is 15.8 Å². The van der Waals surface area contributed by atoms with Crippen LogP contribution < -0.4 is 5.43 Å². The van der Waals surface area contributed by atoms with Crippen LogP contribution >= 0.6 is 22.7 Å². The molecular weight excluding hydrogens is 435 g/mol. The van der Waals surface area contributed by atoms with E-state index in [9.17, 15) is 18.0 Å². The molecule has 0 fully saturated rings. The Bertz CT molecular complexity index is 1180. The number of benzene rings is 1. The lowest BCUT2D eigenvalue weighted by molar-refractivity contribution is -0.141. The molecule has 1 amide bonds. The number of thiazole rings is 1. The summed E-state index contributed by atoms with van der Waals surface area (Å²) in [5, 5.41) is 11.0. The van der Waals surface area contributed by atoms with Gasteiger partial charge in [-0.15, -0.1) is 22.7 Å². The van der Waals surface area contributed by atoms with E-state index in [0.717, 1.165) is 27.0 Å². The summed E-state index contributed by atoms with van der Waals surface area (Å²) in [6.07, 6.45) is -3.12. The topological polar surface area (TPSA) is 72.2 Å². The van der Waals surface area contributed by atoms with Crippen LogP contribution in [0.5, 0.6) is 0 Å². The second-order valence-corrected chi connectivity index (χ2v) is 7.74. The monoisotopic (exact) mass is 447 g/mol. The third-order valence-corrected chi connectivity index (χ3v) is 5.50. The van der Waals surface area contributed by atoms with Gasteiger partial charge >= 0.3 is 6.18 Å². The minimum absolute atomic E-state index is 0.0291. The van der Waals surface area contributed by atoms with Crippen LogP contribution in [-0.2, 0) is 6.18 Å². The van der Waals surface area contributed by atoms with Crippen molar-refractivity contribution >= 4 is 34.8 Å². The maximum atomic E-state index is 13.2. The van der Waals surface area contributed by atoms with Gasteiger partial charge in [-0.05, 0) is 17.5 Å². The standard InChI is InChI=1S/C19H12F3N5OS2/c20-19(21,22)16-9-15(12-5-2-1-3-6-12)27(26-16)18-24-14(11-30-18)17(28)25-23-10-13-7-4-8-29-13/h1-11H,(H,25,28). The van der Waals surface area contributed by atoms with Gasteiger partial charge < -0.3 is 0 Å². The molecule has 1 aromatic carbocycles. The number of nitrogens with one attached hydrogen (secondary N) is 1. The van der Waals surface area contributed by atoms with Crippen molar-refractivity contribution in [3.05, 3.63) is 75.6 Å². The highest BCUT2D eigenvalue weighted by Crippen LogP contribution is 2.33. The Morgan fingerprint density at radius 2 is 1.93 bits per heavy atom. The van der Waals surface area contributed by atoms with Crippen LogP contribution in [0.4, 0.5) is 13.2 Å². The van der Waals surface area contributed by atoms with Crippen LogP contribution in [0.1, 0.15) is 21.1 Å². The number of hydrazone groups is 1. The highest BCUT2D eigenvalue weighted by Gasteiger charge is 2.35. The molecule has 0 unspecified atom stereocenters. The molecule has 30 heavy (non-hydrogen) atoms. The number of aromatic nitrogens is 3. The fourth-order valence-electron chi connectivity index (χ4n) is 2.52. The van der Waals surface area contributed by atoms with Gasteiger partial charge in [-0.25, -0.2) is 15.1 Å². The third kappa shape index (κ3) is 4.31. The van der Waals surface area contributed by atoms with E-state index in [4.69, 9.17) is 0 Å². The third-order valence-electron chi connectivity index (χ3n) is 3.88. The van der Waals surface area contributed by atoms with Crippen LogP contribution in [0.25, 0.3) is 16.4 Å². The van der Waals surface area contributed by atoms with Gasteiger partial charge in [0.2, 0.25) is 5.13 Å². The molecule has 4 rings (SSSR count). The number of nitrogens with zero attached hydrogens (tertiary/aromatic N) is 4. The normalized spacial score (nSPS) is 11.8. The average Bonchev–Trinajstić information content (AvgIpc) is 3.47. The smallest absolute Gasteiger partial charge is 0.266 e. The zero-order chi connectivity index (χ0) is 21.1. The summed E-state index contributed by atoms with van der Waals surface area (Å²) in [6, 6.07) is 13.2. The number of alkyl halides is 3. The van der Waals surface area contributed by atoms with E-state index in [0.29, 0.717) is 5.56 Å². The Kier molecular flexibility index (Phi) is 5.46. The Morgan fingerprint density at radius 1 is 1.13 bits per heavy atom. The molecule has 3 heterocycles. The molecule has 0 saturated heterocycles. The fourth-order valence-corrected chi connectivity index (χ4v) is 3.87. The first-order valence-electron chi connectivity index (χ1n) is 8.47. The quantitative estimate of drug-likeness (QED) is 0.352. The molecule has 0 aliphatic rings. The average molecular weight is 447 g/mol. The molecule has 4 aromatic rings. The number of carbonyl (C=O) groups is 1. The minimum Gasteiger partial charge on any atom is -0.266 e. The van der Waals surface area contributed by atoms with E-state index >= 15 is 0 Å². The molecule has 0 bridgehead atoms. The van der Waals surface area contributed by atoms with Crippen molar-refractivity contribution in [2.75, 3.05) is 0 Å². The zero-order valence-corrected chi connectivity index (χ0v) is 16.6. The summed E-state index contributed by atoms with van der Waals surface area (Å²) in [5.74, 6) is -0.574. The lowest BCUT2D eigenvalue weighted by atomic mass is 10.1. The van der Waals surface area contributed by atoms with Crippen molar-refractivity contribution < 1.29 is 18.0 Å². The van der Waals surface area contributed by atoms with Gasteiger partial charge in [-0.1, -0.05) is 36.4 Å². The number of halogens is 3. The highest BCUT2D eigenvalue weighted by molar-refractivity contribution is 7.12. The van der Waals surface area contributed by atoms with Crippen molar-refractivity contribution in [2.24, 2.45) is 5.10 Å². The van der Waals surface area contributed by atoms with Crippen molar-refractivity contribution in [1.29, 1.82) is 0 Å². The summed E-state index contributed by atoms with van der Waals surface area (Å²) in [4.78, 5) is 17.3. The van der Waals surface area contributed by atoms with Gasteiger partial charge in [-0.3, -0.25) is 4.79 Å². The summed E-state index contributed by atoms with van der Waals surface area (Å²) in [6.45, 7) is 0. The molecule has 3 aromatic heterocycles. The first-order valence-corrected chi connectivity index (χ1v) is 10.2. The van der Waals surface area contributed by atoms with Gasteiger partial charge in [0.15, 0.2) is 5.69 Å². The van der Waals surface area contributed by atoms with Gasteiger partial charge in [0.25, 0.3) is 5.91 Å². The van der Waals surface area contributed by atoms with Gasteiger partial charge in [0.05, 0.1) is 11.9 Å². The summed E-state index contributed by atoms with van der Waals surface area (Å²) >= 11 is 2.46. The second kappa shape index (κ2) is 8.20. The molecule has 0 spiro atoms. The maximum Gasteiger partial charge on any atom is 0.435 e. The number of carbonyl (C=O) groups excluding carboxylic acids is 1. The number of hydrogen-bond donors (Lipinski definition) is 1. The molecule has 1 N–H and O–H groups in total. The predicted octanol–water partition coefficient (Wildman–Crippen LogP) is 4.84. The van der Waals surface area contributed by atoms with Crippen molar-refractivity contribution in [3.8, 4) is 16.4 Å². The fraction of sp³-hybridized carbons (Fsp3) is 0.0526. The Hall–Kier alpha value is -3.31. The summed E-state index contributed by atoms with van der Waals surface area (Å²) < 4.78 is 40.8. The largest absolute Gasteiger partial charge is 0.435 e. The van der Waals surface area contributed by atoms with Crippen molar-refractivity contribution in [2.45, 2.75) is 6.18 Å². The predicted molar refractivity (Wildman–Crippen MR) is 109 cm³/mol. The van der Waals surface area contributed by atoms with Gasteiger partial charge in [-0.2, -0.15) is 23.4 Å². The molecule has 0 radical (unpaired) electrons. The lowest BCUT2D eigenvalue weighted by Gasteiger charge is -2.03. The second-order valence-electron chi connectivity index (χ2n) is 5.92. The number of hydrogen-bond acceptors (Lipinski definition) is 6. The Morgan fingerprint density at radius 3 is 2.63 bits per heavy atom. The van der Waals surface area contributed by atoms with E-state index in [2.05, 4.69) is 20.6 Å². The molecule has 0 aliphatic carbocycles. The first kappa shape index (κ1) is 20.0. The van der Waals surface area contributed by atoms with Crippen molar-refractivity contribution in [1.82, 2.24) is 20.2 Å². The molecule has 0 saturated carbocycles. The van der Waals surface area contributed by atoms with Crippen molar-refractivity contribution in [3.63, 3.8) is 0 Å². The van der Waals surface area contributed by atoms with E-state index in [-0.39, 0.29) is 16.5 Å². The lowest BCUT2D eigenvalue weighted by Crippen LogP contribution is -2.18. The molecule has 152 valence electrons. The highest BCUT2D eigenvalue weighted by atomic mass is 32.1. The zero-order valence-electron chi connectivity index (χ0n) is 15.0. The summed E-state index contributed by atoms with van der Waals surface area (Å²) in [5.41, 5.74) is 2.11. The molecule has 6 nitrogen and oxygen atoms in total. The SMILES string of the molecule is O=C(NN=Cc1cccs1)c1csc(-n2nc(C(F)(F)F)cc2-c2ccccc2)n1. The van der Waals surface area contributed by atoms with E-state index in [1.807, 2.05) is 17.5 Å². The van der Waals surface area contributed by atoms with E-state index < -0.39 is 17.8 Å². The minimum atomic E-state index is -4.61. The molecule has 0 atom stereocenters. The van der Waals surface area contributed by atoms with Crippen LogP contribution in [0, 0.1) is 0 Å². The molecular formula is C19H12F3N5OS2. The number of amides is 1. The number of rotatable bonds is 5. The Balaban J connectivity index is 1.62. The Labute approximate surface area is 176 Å². The molecule has 11 heteroatoms. The van der Waals surface area contributed by atoms with Crippen LogP contribution in [0.3, 0.4) is 0 Å². The van der Waals surface area contributed by atoms with E-state index in [1.54, 1.807) is 30.3 Å². The van der Waals surface area contributed by atoms with Crippen LogP contribution in [-0.4, -0.2) is 26.9 Å². The summed E-state index contributed by atoms with van der Waals surface area (Å²) in [7, 11) is 0. The maximum absolute atomic E-state index is 13.2. The van der Waals surface area contributed by atoms with Crippen LogP contribution in [0.2, 0.25) is 0 Å². The number of thiophene rings is 1.